The highest BCUT2D eigenvalue weighted by atomic mass is 32.2. The fourth-order valence-corrected chi connectivity index (χ4v) is 2.89. The third-order valence-electron chi connectivity index (χ3n) is 2.87. The van der Waals surface area contributed by atoms with Crippen molar-refractivity contribution in [2.24, 2.45) is 5.92 Å². The summed E-state index contributed by atoms with van der Waals surface area (Å²) >= 11 is 0. The van der Waals surface area contributed by atoms with Crippen LogP contribution in [0.5, 0.6) is 0 Å². The number of nitrogens with one attached hydrogen (secondary N) is 1. The van der Waals surface area contributed by atoms with Crippen molar-refractivity contribution in [2.75, 3.05) is 25.9 Å². The van der Waals surface area contributed by atoms with Gasteiger partial charge in [0.25, 0.3) is 0 Å². The molecule has 1 fully saturated rings. The topological polar surface area (TPSA) is 49.4 Å². The van der Waals surface area contributed by atoms with Crippen molar-refractivity contribution in [1.29, 1.82) is 0 Å². The first-order valence-corrected chi connectivity index (χ1v) is 7.73. The van der Waals surface area contributed by atoms with Crippen molar-refractivity contribution < 1.29 is 8.42 Å². The Morgan fingerprint density at radius 1 is 1.38 bits per heavy atom. The minimum atomic E-state index is -3.01. The number of nitrogens with zero attached hydrogens (tertiary/aromatic N) is 1. The number of piperidine rings is 1. The Hall–Kier alpha value is -0.130. The molecule has 5 heteroatoms. The minimum Gasteiger partial charge on any atom is -0.312 e. The first kappa shape index (κ1) is 13.9. The molecule has 1 N–H and O–H groups in total. The van der Waals surface area contributed by atoms with E-state index in [-0.39, 0.29) is 5.54 Å². The molecular formula is C11H24N2O2S. The lowest BCUT2D eigenvalue weighted by atomic mass is 9.98. The molecule has 0 aromatic rings. The van der Waals surface area contributed by atoms with Crippen molar-refractivity contribution in [1.82, 2.24) is 9.62 Å². The highest BCUT2D eigenvalue weighted by molar-refractivity contribution is 7.88. The van der Waals surface area contributed by atoms with Crippen molar-refractivity contribution in [2.45, 2.75) is 39.2 Å². The molecule has 96 valence electrons. The van der Waals surface area contributed by atoms with Crippen LogP contribution in [0.3, 0.4) is 0 Å². The van der Waals surface area contributed by atoms with Gasteiger partial charge in [0.15, 0.2) is 0 Å². The quantitative estimate of drug-likeness (QED) is 0.812. The Morgan fingerprint density at radius 2 is 2.00 bits per heavy atom. The number of hydrogen-bond acceptors (Lipinski definition) is 3. The molecular weight excluding hydrogens is 224 g/mol. The van der Waals surface area contributed by atoms with Crippen LogP contribution >= 0.6 is 0 Å². The molecule has 0 aromatic heterocycles. The van der Waals surface area contributed by atoms with E-state index < -0.39 is 10.0 Å². The zero-order valence-corrected chi connectivity index (χ0v) is 11.6. The van der Waals surface area contributed by atoms with Gasteiger partial charge < -0.3 is 5.32 Å². The monoisotopic (exact) mass is 248 g/mol. The zero-order valence-electron chi connectivity index (χ0n) is 10.8. The van der Waals surface area contributed by atoms with Crippen LogP contribution in [-0.4, -0.2) is 44.2 Å². The fourth-order valence-electron chi connectivity index (χ4n) is 1.95. The van der Waals surface area contributed by atoms with Gasteiger partial charge in [0.05, 0.1) is 6.26 Å². The van der Waals surface area contributed by atoms with Crippen LogP contribution in [0.4, 0.5) is 0 Å². The van der Waals surface area contributed by atoms with Crippen LogP contribution in [0, 0.1) is 5.92 Å². The van der Waals surface area contributed by atoms with E-state index in [1.807, 2.05) is 0 Å². The van der Waals surface area contributed by atoms with Gasteiger partial charge in [-0.15, -0.1) is 0 Å². The van der Waals surface area contributed by atoms with Gasteiger partial charge in [-0.3, -0.25) is 0 Å². The predicted octanol–water partition coefficient (Wildman–Crippen LogP) is 1.05. The van der Waals surface area contributed by atoms with Gasteiger partial charge in [-0.25, -0.2) is 12.7 Å². The predicted molar refractivity (Wildman–Crippen MR) is 66.9 cm³/mol. The van der Waals surface area contributed by atoms with E-state index in [9.17, 15) is 8.42 Å². The highest BCUT2D eigenvalue weighted by Crippen LogP contribution is 2.18. The average Bonchev–Trinajstić information content (AvgIpc) is 2.13. The first-order valence-electron chi connectivity index (χ1n) is 5.88. The maximum Gasteiger partial charge on any atom is 0.211 e. The Morgan fingerprint density at radius 3 is 2.50 bits per heavy atom. The van der Waals surface area contributed by atoms with E-state index >= 15 is 0 Å². The van der Waals surface area contributed by atoms with Crippen molar-refractivity contribution >= 4 is 10.0 Å². The van der Waals surface area contributed by atoms with E-state index in [4.69, 9.17) is 0 Å². The van der Waals surface area contributed by atoms with Gasteiger partial charge in [-0.1, -0.05) is 0 Å². The molecule has 0 amide bonds. The minimum absolute atomic E-state index is 0.105. The maximum atomic E-state index is 11.4. The molecule has 0 spiro atoms. The zero-order chi connectivity index (χ0) is 12.4. The molecule has 1 unspecified atom stereocenters. The van der Waals surface area contributed by atoms with E-state index in [0.29, 0.717) is 19.0 Å². The van der Waals surface area contributed by atoms with Crippen LogP contribution in [-0.2, 0) is 10.0 Å². The van der Waals surface area contributed by atoms with E-state index in [1.54, 1.807) is 4.31 Å². The second kappa shape index (κ2) is 5.02. The maximum absolute atomic E-state index is 11.4. The highest BCUT2D eigenvalue weighted by Gasteiger charge is 2.26. The summed E-state index contributed by atoms with van der Waals surface area (Å²) < 4.78 is 24.5. The van der Waals surface area contributed by atoms with Crippen LogP contribution in [0.25, 0.3) is 0 Å². The summed E-state index contributed by atoms with van der Waals surface area (Å²) in [6.45, 7) is 8.64. The molecule has 0 aliphatic carbocycles. The second-order valence-corrected chi connectivity index (χ2v) is 7.74. The molecule has 0 saturated carbocycles. The molecule has 1 saturated heterocycles. The number of sulfonamides is 1. The molecule has 1 atom stereocenters. The lowest BCUT2D eigenvalue weighted by Gasteiger charge is -2.33. The summed E-state index contributed by atoms with van der Waals surface area (Å²) in [6, 6.07) is 0. The summed E-state index contributed by atoms with van der Waals surface area (Å²) in [4.78, 5) is 0. The number of hydrogen-bond donors (Lipinski definition) is 1. The lowest BCUT2D eigenvalue weighted by molar-refractivity contribution is 0.246. The van der Waals surface area contributed by atoms with E-state index in [2.05, 4.69) is 26.1 Å². The molecule has 0 bridgehead atoms. The normalized spacial score (nSPS) is 24.6. The van der Waals surface area contributed by atoms with Gasteiger partial charge >= 0.3 is 0 Å². The largest absolute Gasteiger partial charge is 0.312 e. The summed E-state index contributed by atoms with van der Waals surface area (Å²) in [5.41, 5.74) is 0.105. The lowest BCUT2D eigenvalue weighted by Crippen LogP contribution is -2.45. The molecule has 16 heavy (non-hydrogen) atoms. The summed E-state index contributed by atoms with van der Waals surface area (Å²) in [5, 5.41) is 3.44. The molecule has 1 rings (SSSR count). The summed E-state index contributed by atoms with van der Waals surface area (Å²) in [6.07, 6.45) is 3.39. The van der Waals surface area contributed by atoms with Crippen LogP contribution in [0.2, 0.25) is 0 Å². The summed E-state index contributed by atoms with van der Waals surface area (Å²) in [5.74, 6) is 0.447. The Kier molecular flexibility index (Phi) is 4.37. The van der Waals surface area contributed by atoms with Crippen molar-refractivity contribution in [3.8, 4) is 0 Å². The first-order chi connectivity index (χ1) is 7.18. The smallest absolute Gasteiger partial charge is 0.211 e. The number of rotatable bonds is 3. The molecule has 0 aromatic carbocycles. The average molecular weight is 248 g/mol. The van der Waals surface area contributed by atoms with E-state index in [0.717, 1.165) is 19.4 Å². The Bertz CT molecular complexity index is 319. The standard InChI is InChI=1S/C11H24N2O2S/c1-11(2,3)12-8-10-6-5-7-13(9-10)16(4,14)15/h10,12H,5-9H2,1-4H3. The van der Waals surface area contributed by atoms with Crippen molar-refractivity contribution in [3.63, 3.8) is 0 Å². The molecule has 4 nitrogen and oxygen atoms in total. The molecule has 0 radical (unpaired) electrons. The Labute approximate surface area is 99.5 Å². The van der Waals surface area contributed by atoms with Crippen molar-refractivity contribution in [3.05, 3.63) is 0 Å². The Balaban J connectivity index is 2.46. The van der Waals surface area contributed by atoms with Gasteiger partial charge in [0, 0.05) is 18.6 Å². The van der Waals surface area contributed by atoms with Gasteiger partial charge in [-0.05, 0) is 46.1 Å². The molecule has 1 aliphatic heterocycles. The summed E-state index contributed by atoms with van der Waals surface area (Å²) in [7, 11) is -3.01. The van der Waals surface area contributed by atoms with Gasteiger partial charge in [0.2, 0.25) is 10.0 Å². The molecule has 1 aliphatic rings. The molecule has 1 heterocycles. The third-order valence-corrected chi connectivity index (χ3v) is 4.14. The van der Waals surface area contributed by atoms with Crippen LogP contribution in [0.1, 0.15) is 33.6 Å². The SMILES string of the molecule is CC(C)(C)NCC1CCCN(S(C)(=O)=O)C1. The third kappa shape index (κ3) is 4.80. The van der Waals surface area contributed by atoms with Gasteiger partial charge in [-0.2, -0.15) is 0 Å². The van der Waals surface area contributed by atoms with Crippen LogP contribution < -0.4 is 5.32 Å². The fraction of sp³-hybridized carbons (Fsp3) is 1.00. The van der Waals surface area contributed by atoms with Gasteiger partial charge in [0.1, 0.15) is 0 Å². The van der Waals surface area contributed by atoms with Crippen LogP contribution in [0.15, 0.2) is 0 Å². The van der Waals surface area contributed by atoms with E-state index in [1.165, 1.54) is 6.26 Å². The second-order valence-electron chi connectivity index (χ2n) is 5.76.